The van der Waals surface area contributed by atoms with Crippen molar-refractivity contribution < 1.29 is 9.26 Å². The van der Waals surface area contributed by atoms with Crippen LogP contribution < -0.4 is 4.74 Å². The summed E-state index contributed by atoms with van der Waals surface area (Å²) in [5, 5.41) is 3.59. The molecule has 1 aliphatic heterocycles. The predicted molar refractivity (Wildman–Crippen MR) is 52.3 cm³/mol. The first-order valence-corrected chi connectivity index (χ1v) is 5.08. The lowest BCUT2D eigenvalue weighted by atomic mass is 10.0. The molecular weight excluding hydrogens is 180 g/mol. The average Bonchev–Trinajstić information content (AvgIpc) is 2.69. The number of aromatic nitrogens is 1. The Morgan fingerprint density at radius 3 is 3.29 bits per heavy atom. The van der Waals surface area contributed by atoms with Gasteiger partial charge in [0.1, 0.15) is 12.8 Å². The third-order valence-corrected chi connectivity index (χ3v) is 2.77. The van der Waals surface area contributed by atoms with Crippen LogP contribution in [0.25, 0.3) is 0 Å². The van der Waals surface area contributed by atoms with Gasteiger partial charge in [0.25, 0.3) is 0 Å². The standard InChI is InChI=1S/C10H16N2O2/c1-12-5-3-2-4-9(12)7-13-10-6-11-14-8-10/h6,8-9H,2-5,7H2,1H3. The zero-order valence-electron chi connectivity index (χ0n) is 8.48. The zero-order valence-corrected chi connectivity index (χ0v) is 8.48. The van der Waals surface area contributed by atoms with Crippen molar-refractivity contribution in [3.63, 3.8) is 0 Å². The third-order valence-electron chi connectivity index (χ3n) is 2.77. The molecule has 0 N–H and O–H groups in total. The monoisotopic (exact) mass is 196 g/mol. The van der Waals surface area contributed by atoms with Gasteiger partial charge in [-0.3, -0.25) is 0 Å². The highest BCUT2D eigenvalue weighted by Gasteiger charge is 2.19. The van der Waals surface area contributed by atoms with E-state index in [1.165, 1.54) is 32.1 Å². The molecule has 2 heterocycles. The van der Waals surface area contributed by atoms with E-state index in [-0.39, 0.29) is 0 Å². The van der Waals surface area contributed by atoms with E-state index in [1.807, 2.05) is 0 Å². The van der Waals surface area contributed by atoms with E-state index < -0.39 is 0 Å². The molecule has 4 heteroatoms. The quantitative estimate of drug-likeness (QED) is 0.735. The van der Waals surface area contributed by atoms with E-state index in [4.69, 9.17) is 9.26 Å². The maximum absolute atomic E-state index is 5.56. The molecule has 0 saturated carbocycles. The molecule has 1 aliphatic rings. The van der Waals surface area contributed by atoms with Crippen LogP contribution >= 0.6 is 0 Å². The molecule has 14 heavy (non-hydrogen) atoms. The number of likely N-dealkylation sites (N-methyl/N-ethyl adjacent to an activating group) is 1. The molecule has 4 nitrogen and oxygen atoms in total. The summed E-state index contributed by atoms with van der Waals surface area (Å²) in [4.78, 5) is 2.36. The number of hydrogen-bond donors (Lipinski definition) is 0. The molecule has 1 unspecified atom stereocenters. The second-order valence-corrected chi connectivity index (χ2v) is 3.80. The topological polar surface area (TPSA) is 38.5 Å². The Morgan fingerprint density at radius 1 is 1.64 bits per heavy atom. The maximum atomic E-state index is 5.56. The van der Waals surface area contributed by atoms with Crippen LogP contribution in [0, 0.1) is 0 Å². The summed E-state index contributed by atoms with van der Waals surface area (Å²) in [5.74, 6) is 0.726. The fourth-order valence-corrected chi connectivity index (χ4v) is 1.81. The van der Waals surface area contributed by atoms with E-state index >= 15 is 0 Å². The zero-order chi connectivity index (χ0) is 9.80. The molecule has 1 saturated heterocycles. The van der Waals surface area contributed by atoms with Crippen LogP contribution in [0.1, 0.15) is 19.3 Å². The van der Waals surface area contributed by atoms with Gasteiger partial charge in [-0.05, 0) is 26.4 Å². The lowest BCUT2D eigenvalue weighted by Crippen LogP contribution is -2.40. The van der Waals surface area contributed by atoms with Crippen LogP contribution in [0.15, 0.2) is 17.0 Å². The van der Waals surface area contributed by atoms with Crippen LogP contribution in [0.2, 0.25) is 0 Å². The van der Waals surface area contributed by atoms with E-state index in [2.05, 4.69) is 17.1 Å². The molecule has 0 spiro atoms. The van der Waals surface area contributed by atoms with Gasteiger partial charge in [0.15, 0.2) is 12.0 Å². The molecule has 1 fully saturated rings. The van der Waals surface area contributed by atoms with Gasteiger partial charge in [-0.15, -0.1) is 0 Å². The van der Waals surface area contributed by atoms with Crippen molar-refractivity contribution in [1.82, 2.24) is 10.1 Å². The fraction of sp³-hybridized carbons (Fsp3) is 0.700. The van der Waals surface area contributed by atoms with Crippen molar-refractivity contribution in [2.75, 3.05) is 20.2 Å². The van der Waals surface area contributed by atoms with Crippen LogP contribution in [0.4, 0.5) is 0 Å². The highest BCUT2D eigenvalue weighted by atomic mass is 16.5. The third kappa shape index (κ3) is 2.26. The number of hydrogen-bond acceptors (Lipinski definition) is 4. The van der Waals surface area contributed by atoms with Crippen molar-refractivity contribution in [3.8, 4) is 5.75 Å². The van der Waals surface area contributed by atoms with Gasteiger partial charge >= 0.3 is 0 Å². The van der Waals surface area contributed by atoms with E-state index in [0.29, 0.717) is 6.04 Å². The summed E-state index contributed by atoms with van der Waals surface area (Å²) in [6.07, 6.45) is 6.97. The fourth-order valence-electron chi connectivity index (χ4n) is 1.81. The molecule has 78 valence electrons. The maximum Gasteiger partial charge on any atom is 0.178 e. The number of nitrogens with zero attached hydrogens (tertiary/aromatic N) is 2. The van der Waals surface area contributed by atoms with Crippen LogP contribution in [0.5, 0.6) is 5.75 Å². The largest absolute Gasteiger partial charge is 0.487 e. The molecule has 1 atom stereocenters. The van der Waals surface area contributed by atoms with Crippen LogP contribution in [0.3, 0.4) is 0 Å². The normalized spacial score (nSPS) is 23.6. The molecule has 0 radical (unpaired) electrons. The Hall–Kier alpha value is -1.03. The Balaban J connectivity index is 1.79. The van der Waals surface area contributed by atoms with E-state index in [9.17, 15) is 0 Å². The van der Waals surface area contributed by atoms with Gasteiger partial charge in [0, 0.05) is 6.04 Å². The minimum atomic E-state index is 0.540. The summed E-state index contributed by atoms with van der Waals surface area (Å²) in [6, 6.07) is 0.540. The van der Waals surface area contributed by atoms with Crippen molar-refractivity contribution >= 4 is 0 Å². The molecule has 1 aromatic heterocycles. The van der Waals surface area contributed by atoms with Gasteiger partial charge in [-0.25, -0.2) is 0 Å². The molecule has 1 aromatic rings. The molecule has 0 amide bonds. The van der Waals surface area contributed by atoms with E-state index in [0.717, 1.165) is 12.4 Å². The van der Waals surface area contributed by atoms with Gasteiger partial charge in [-0.2, -0.15) is 0 Å². The number of rotatable bonds is 3. The highest BCUT2D eigenvalue weighted by molar-refractivity contribution is 5.08. The van der Waals surface area contributed by atoms with Crippen LogP contribution in [-0.4, -0.2) is 36.3 Å². The van der Waals surface area contributed by atoms with E-state index in [1.54, 1.807) is 6.20 Å². The minimum absolute atomic E-state index is 0.540. The first-order valence-electron chi connectivity index (χ1n) is 5.08. The minimum Gasteiger partial charge on any atom is -0.487 e. The summed E-state index contributed by atoms with van der Waals surface area (Å²) in [5.41, 5.74) is 0. The lowest BCUT2D eigenvalue weighted by molar-refractivity contribution is 0.124. The Bertz CT molecular complexity index is 261. The van der Waals surface area contributed by atoms with Gasteiger partial charge in [0.05, 0.1) is 0 Å². The Labute approximate surface area is 83.8 Å². The van der Waals surface area contributed by atoms with Crippen molar-refractivity contribution in [2.45, 2.75) is 25.3 Å². The Morgan fingerprint density at radius 2 is 2.57 bits per heavy atom. The smallest absolute Gasteiger partial charge is 0.178 e. The summed E-state index contributed by atoms with van der Waals surface area (Å²) < 4.78 is 10.3. The molecule has 0 aliphatic carbocycles. The lowest BCUT2D eigenvalue weighted by Gasteiger charge is -2.31. The molecule has 2 rings (SSSR count). The van der Waals surface area contributed by atoms with Crippen molar-refractivity contribution in [3.05, 3.63) is 12.5 Å². The van der Waals surface area contributed by atoms with Crippen LogP contribution in [-0.2, 0) is 0 Å². The SMILES string of the molecule is CN1CCCCC1COc1cnoc1. The first kappa shape index (κ1) is 9.52. The second kappa shape index (κ2) is 4.46. The summed E-state index contributed by atoms with van der Waals surface area (Å²) in [6.45, 7) is 1.91. The van der Waals surface area contributed by atoms with Gasteiger partial charge < -0.3 is 14.2 Å². The molecule has 0 aromatic carbocycles. The number of likely N-dealkylation sites (tertiary alicyclic amines) is 1. The van der Waals surface area contributed by atoms with Gasteiger partial charge in [-0.1, -0.05) is 11.6 Å². The van der Waals surface area contributed by atoms with Crippen molar-refractivity contribution in [2.24, 2.45) is 0 Å². The predicted octanol–water partition coefficient (Wildman–Crippen LogP) is 1.54. The number of ether oxygens (including phenoxy) is 1. The molecule has 0 bridgehead atoms. The highest BCUT2D eigenvalue weighted by Crippen LogP contribution is 2.16. The Kier molecular flexibility index (Phi) is 3.03. The van der Waals surface area contributed by atoms with Crippen molar-refractivity contribution in [1.29, 1.82) is 0 Å². The summed E-state index contributed by atoms with van der Waals surface area (Å²) in [7, 11) is 2.15. The van der Waals surface area contributed by atoms with Gasteiger partial charge in [0.2, 0.25) is 0 Å². The summed E-state index contributed by atoms with van der Waals surface area (Å²) >= 11 is 0. The average molecular weight is 196 g/mol. The number of piperidine rings is 1. The molecular formula is C10H16N2O2. The second-order valence-electron chi connectivity index (χ2n) is 3.80. The first-order chi connectivity index (χ1) is 6.86.